The van der Waals surface area contributed by atoms with E-state index in [2.05, 4.69) is 0 Å². The first-order valence-electron chi connectivity index (χ1n) is 6.89. The maximum absolute atomic E-state index is 11.8. The molecule has 0 fully saturated rings. The summed E-state index contributed by atoms with van der Waals surface area (Å²) in [7, 11) is 0. The molecule has 2 aromatic rings. The Hall–Kier alpha value is -2.88. The van der Waals surface area contributed by atoms with Crippen molar-refractivity contribution in [3.63, 3.8) is 0 Å². The van der Waals surface area contributed by atoms with Gasteiger partial charge in [-0.2, -0.15) is 0 Å². The summed E-state index contributed by atoms with van der Waals surface area (Å²) in [5.74, 6) is -1.33. The molecule has 0 spiro atoms. The van der Waals surface area contributed by atoms with Gasteiger partial charge in [0.15, 0.2) is 0 Å². The van der Waals surface area contributed by atoms with Gasteiger partial charge in [-0.05, 0) is 42.2 Å². The summed E-state index contributed by atoms with van der Waals surface area (Å²) in [5.41, 5.74) is 14.7. The Bertz CT molecular complexity index is 762. The van der Waals surface area contributed by atoms with E-state index >= 15 is 0 Å². The molecule has 4 heteroatoms. The van der Waals surface area contributed by atoms with Gasteiger partial charge in [-0.1, -0.05) is 42.5 Å². The van der Waals surface area contributed by atoms with Crippen molar-refractivity contribution in [2.45, 2.75) is 13.8 Å². The van der Waals surface area contributed by atoms with Crippen LogP contribution in [-0.4, -0.2) is 11.8 Å². The van der Waals surface area contributed by atoms with Crippen molar-refractivity contribution in [2.24, 2.45) is 11.5 Å². The molecule has 22 heavy (non-hydrogen) atoms. The van der Waals surface area contributed by atoms with Gasteiger partial charge in [-0.15, -0.1) is 0 Å². The van der Waals surface area contributed by atoms with Crippen LogP contribution in [0.15, 0.2) is 48.5 Å². The molecule has 0 heterocycles. The van der Waals surface area contributed by atoms with E-state index < -0.39 is 11.8 Å². The van der Waals surface area contributed by atoms with Crippen LogP contribution in [0.4, 0.5) is 0 Å². The molecular formula is C18H18N2O2. The Morgan fingerprint density at radius 3 is 1.86 bits per heavy atom. The van der Waals surface area contributed by atoms with E-state index in [1.807, 2.05) is 44.2 Å². The van der Waals surface area contributed by atoms with Crippen LogP contribution in [0.5, 0.6) is 0 Å². The number of primary amides is 2. The summed E-state index contributed by atoms with van der Waals surface area (Å²) >= 11 is 0. The Morgan fingerprint density at radius 2 is 1.32 bits per heavy atom. The Kier molecular flexibility index (Phi) is 4.41. The van der Waals surface area contributed by atoms with Crippen LogP contribution >= 0.6 is 0 Å². The van der Waals surface area contributed by atoms with Crippen LogP contribution in [-0.2, 0) is 0 Å². The molecule has 0 bridgehead atoms. The van der Waals surface area contributed by atoms with Crippen LogP contribution in [0.25, 0.3) is 11.1 Å². The summed E-state index contributed by atoms with van der Waals surface area (Å²) < 4.78 is 0. The standard InChI is InChI=1S/C18H18N2O2/c1-11(13-7-4-3-5-8-13)12(2)14-9-6-10-15(17(19)21)16(14)18(20)22/h3-10H,1-2H3,(H2,19,21)(H2,20,22). The first-order valence-corrected chi connectivity index (χ1v) is 6.89. The summed E-state index contributed by atoms with van der Waals surface area (Å²) in [4.78, 5) is 23.3. The highest BCUT2D eigenvalue weighted by atomic mass is 16.2. The van der Waals surface area contributed by atoms with Crippen molar-refractivity contribution in [3.05, 3.63) is 70.8 Å². The quantitative estimate of drug-likeness (QED) is 0.849. The van der Waals surface area contributed by atoms with Crippen LogP contribution in [0.3, 0.4) is 0 Å². The second-order valence-corrected chi connectivity index (χ2v) is 5.07. The average Bonchev–Trinajstić information content (AvgIpc) is 2.53. The van der Waals surface area contributed by atoms with Crippen LogP contribution in [0.1, 0.15) is 45.7 Å². The number of benzene rings is 2. The van der Waals surface area contributed by atoms with Crippen molar-refractivity contribution in [3.8, 4) is 0 Å². The molecule has 4 nitrogen and oxygen atoms in total. The van der Waals surface area contributed by atoms with E-state index in [9.17, 15) is 9.59 Å². The molecule has 0 unspecified atom stereocenters. The van der Waals surface area contributed by atoms with E-state index in [1.54, 1.807) is 12.1 Å². The molecule has 0 aliphatic heterocycles. The van der Waals surface area contributed by atoms with E-state index in [0.29, 0.717) is 5.56 Å². The normalized spacial score (nSPS) is 11.7. The monoisotopic (exact) mass is 294 g/mol. The lowest BCUT2D eigenvalue weighted by Gasteiger charge is -2.14. The lowest BCUT2D eigenvalue weighted by atomic mass is 9.91. The number of hydrogen-bond acceptors (Lipinski definition) is 2. The minimum absolute atomic E-state index is 0.144. The lowest BCUT2D eigenvalue weighted by Crippen LogP contribution is -2.22. The Morgan fingerprint density at radius 1 is 0.727 bits per heavy atom. The lowest BCUT2D eigenvalue weighted by molar-refractivity contribution is 0.0967. The topological polar surface area (TPSA) is 86.2 Å². The smallest absolute Gasteiger partial charge is 0.250 e. The third-order valence-corrected chi connectivity index (χ3v) is 3.75. The number of amides is 2. The van der Waals surface area contributed by atoms with Gasteiger partial charge in [-0.3, -0.25) is 9.59 Å². The van der Waals surface area contributed by atoms with E-state index in [0.717, 1.165) is 16.7 Å². The maximum atomic E-state index is 11.8. The fraction of sp³-hybridized carbons (Fsp3) is 0.111. The molecular weight excluding hydrogens is 276 g/mol. The summed E-state index contributed by atoms with van der Waals surface area (Å²) in [6.45, 7) is 3.86. The minimum atomic E-state index is -0.666. The van der Waals surface area contributed by atoms with Gasteiger partial charge in [-0.25, -0.2) is 0 Å². The second kappa shape index (κ2) is 6.26. The zero-order valence-corrected chi connectivity index (χ0v) is 12.6. The first kappa shape index (κ1) is 15.5. The molecule has 0 saturated carbocycles. The van der Waals surface area contributed by atoms with E-state index in [-0.39, 0.29) is 11.1 Å². The highest BCUT2D eigenvalue weighted by molar-refractivity contribution is 6.10. The molecule has 2 amide bonds. The largest absolute Gasteiger partial charge is 0.366 e. The highest BCUT2D eigenvalue weighted by Gasteiger charge is 2.19. The van der Waals surface area contributed by atoms with Gasteiger partial charge in [0.25, 0.3) is 0 Å². The second-order valence-electron chi connectivity index (χ2n) is 5.07. The van der Waals surface area contributed by atoms with Crippen molar-refractivity contribution in [2.75, 3.05) is 0 Å². The van der Waals surface area contributed by atoms with Crippen LogP contribution in [0.2, 0.25) is 0 Å². The number of carbonyl (C=O) groups excluding carboxylic acids is 2. The maximum Gasteiger partial charge on any atom is 0.250 e. The number of allylic oxidation sites excluding steroid dienone is 2. The van der Waals surface area contributed by atoms with Gasteiger partial charge < -0.3 is 11.5 Å². The van der Waals surface area contributed by atoms with Gasteiger partial charge in [0.2, 0.25) is 11.8 Å². The van der Waals surface area contributed by atoms with Gasteiger partial charge in [0.1, 0.15) is 0 Å². The molecule has 112 valence electrons. The molecule has 4 N–H and O–H groups in total. The predicted molar refractivity (Wildman–Crippen MR) is 88.1 cm³/mol. The number of hydrogen-bond donors (Lipinski definition) is 2. The van der Waals surface area contributed by atoms with Gasteiger partial charge in [0, 0.05) is 0 Å². The fourth-order valence-electron chi connectivity index (χ4n) is 2.44. The number of nitrogens with two attached hydrogens (primary N) is 2. The van der Waals surface area contributed by atoms with Gasteiger partial charge >= 0.3 is 0 Å². The molecule has 0 aliphatic carbocycles. The van der Waals surface area contributed by atoms with Crippen molar-refractivity contribution in [1.82, 2.24) is 0 Å². The molecule has 2 aromatic carbocycles. The molecule has 0 aliphatic rings. The summed E-state index contributed by atoms with van der Waals surface area (Å²) in [6.07, 6.45) is 0. The zero-order valence-electron chi connectivity index (χ0n) is 12.6. The van der Waals surface area contributed by atoms with Crippen LogP contribution in [0, 0.1) is 0 Å². The molecule has 2 rings (SSSR count). The summed E-state index contributed by atoms with van der Waals surface area (Å²) in [6, 6.07) is 14.8. The zero-order chi connectivity index (χ0) is 16.3. The molecule has 0 radical (unpaired) electrons. The molecule has 0 saturated heterocycles. The van der Waals surface area contributed by atoms with E-state index in [4.69, 9.17) is 11.5 Å². The predicted octanol–water partition coefficient (Wildman–Crippen LogP) is 2.84. The number of rotatable bonds is 4. The molecule has 0 aromatic heterocycles. The summed E-state index contributed by atoms with van der Waals surface area (Å²) in [5, 5.41) is 0. The highest BCUT2D eigenvalue weighted by Crippen LogP contribution is 2.29. The average molecular weight is 294 g/mol. The minimum Gasteiger partial charge on any atom is -0.366 e. The fourth-order valence-corrected chi connectivity index (χ4v) is 2.44. The van der Waals surface area contributed by atoms with Crippen molar-refractivity contribution in [1.29, 1.82) is 0 Å². The van der Waals surface area contributed by atoms with Crippen LogP contribution < -0.4 is 11.5 Å². The van der Waals surface area contributed by atoms with Crippen molar-refractivity contribution >= 4 is 23.0 Å². The van der Waals surface area contributed by atoms with E-state index in [1.165, 1.54) is 6.07 Å². The number of carbonyl (C=O) groups is 2. The Labute approximate surface area is 129 Å². The van der Waals surface area contributed by atoms with Crippen molar-refractivity contribution < 1.29 is 9.59 Å². The Balaban J connectivity index is 2.69. The first-order chi connectivity index (χ1) is 10.4. The third-order valence-electron chi connectivity index (χ3n) is 3.75. The third kappa shape index (κ3) is 2.91. The van der Waals surface area contributed by atoms with Gasteiger partial charge in [0.05, 0.1) is 11.1 Å². The SMILES string of the molecule is CC(=C(C)c1cccc(C(N)=O)c1C(N)=O)c1ccccc1. The molecule has 0 atom stereocenters.